The van der Waals surface area contributed by atoms with Crippen LogP contribution in [-0.2, 0) is 14.3 Å². The molecule has 1 fully saturated rings. The van der Waals surface area contributed by atoms with Crippen molar-refractivity contribution in [1.82, 2.24) is 4.90 Å². The Balaban J connectivity index is 1.78. The summed E-state index contributed by atoms with van der Waals surface area (Å²) in [5, 5.41) is 11.4. The largest absolute Gasteiger partial charge is 0.507 e. The second kappa shape index (κ2) is 12.2. The van der Waals surface area contributed by atoms with Gasteiger partial charge in [-0.05, 0) is 55.2 Å². The molecule has 2 aromatic carbocycles. The van der Waals surface area contributed by atoms with Crippen LogP contribution < -0.4 is 18.9 Å². The molecule has 0 bridgehead atoms. The first kappa shape index (κ1) is 27.3. The van der Waals surface area contributed by atoms with Gasteiger partial charge in [0.1, 0.15) is 19.0 Å². The van der Waals surface area contributed by atoms with Gasteiger partial charge in [0, 0.05) is 19.2 Å². The second-order valence-corrected chi connectivity index (χ2v) is 9.51. The van der Waals surface area contributed by atoms with E-state index in [2.05, 4.69) is 13.8 Å². The number of Topliss-reactive ketones (excluding diaryl/α,β-unsaturated/α-hetero) is 1. The average Bonchev–Trinajstić information content (AvgIpc) is 3.16. The van der Waals surface area contributed by atoms with Gasteiger partial charge in [-0.2, -0.15) is 0 Å². The first-order valence-electron chi connectivity index (χ1n) is 12.9. The summed E-state index contributed by atoms with van der Waals surface area (Å²) >= 11 is 0. The summed E-state index contributed by atoms with van der Waals surface area (Å²) in [7, 11) is 1.53. The Labute approximate surface area is 222 Å². The van der Waals surface area contributed by atoms with Crippen molar-refractivity contribution in [2.24, 2.45) is 5.92 Å². The first-order valence-corrected chi connectivity index (χ1v) is 12.9. The summed E-state index contributed by atoms with van der Waals surface area (Å²) in [5.74, 6) is 0.829. The maximum Gasteiger partial charge on any atom is 0.295 e. The molecule has 204 valence electrons. The first-order chi connectivity index (χ1) is 18.3. The van der Waals surface area contributed by atoms with E-state index in [0.29, 0.717) is 66.5 Å². The fourth-order valence-corrected chi connectivity index (χ4v) is 4.48. The van der Waals surface area contributed by atoms with Crippen LogP contribution in [0.4, 0.5) is 0 Å². The third-order valence-corrected chi connectivity index (χ3v) is 6.43. The SMILES string of the molecule is CCOc1cc([C@H]2C(=C(O)c3ccc4c(c3)OCCO4)C(=O)C(=O)N2CCOC)ccc1OCCC(C)C. The summed E-state index contributed by atoms with van der Waals surface area (Å²) in [5.41, 5.74) is 0.945. The lowest BCUT2D eigenvalue weighted by Crippen LogP contribution is -2.32. The molecule has 38 heavy (non-hydrogen) atoms. The Bertz CT molecular complexity index is 1210. The van der Waals surface area contributed by atoms with Gasteiger partial charge < -0.3 is 33.7 Å². The Hall–Kier alpha value is -3.72. The standard InChI is InChI=1S/C29H35NO8/c1-5-35-23-16-19(6-8-21(23)36-12-10-18(2)3)26-25(28(32)29(33)30(26)11-13-34-4)27(31)20-7-9-22-24(17-20)38-15-14-37-22/h6-9,16-18,26,31H,5,10-15H2,1-4H3/t26-/m0/s1. The molecule has 2 heterocycles. The number of ketones is 1. The molecule has 0 spiro atoms. The monoisotopic (exact) mass is 525 g/mol. The minimum absolute atomic E-state index is 0.0151. The molecule has 0 aromatic heterocycles. The number of benzene rings is 2. The molecule has 2 aliphatic rings. The molecule has 2 aromatic rings. The number of ether oxygens (including phenoxy) is 5. The summed E-state index contributed by atoms with van der Waals surface area (Å²) in [6, 6.07) is 9.42. The fraction of sp³-hybridized carbons (Fsp3) is 0.448. The van der Waals surface area contributed by atoms with Crippen molar-refractivity contribution < 1.29 is 38.4 Å². The van der Waals surface area contributed by atoms with E-state index >= 15 is 0 Å². The highest BCUT2D eigenvalue weighted by Gasteiger charge is 2.46. The van der Waals surface area contributed by atoms with E-state index in [1.54, 1.807) is 36.4 Å². The van der Waals surface area contributed by atoms with E-state index in [1.165, 1.54) is 12.0 Å². The highest BCUT2D eigenvalue weighted by Crippen LogP contribution is 2.43. The van der Waals surface area contributed by atoms with Crippen LogP contribution in [0.3, 0.4) is 0 Å². The number of amides is 1. The van der Waals surface area contributed by atoms with Crippen LogP contribution in [0.25, 0.3) is 5.76 Å². The van der Waals surface area contributed by atoms with Crippen molar-refractivity contribution in [2.75, 3.05) is 46.7 Å². The third kappa shape index (κ3) is 5.72. The quantitative estimate of drug-likeness (QED) is 0.262. The predicted molar refractivity (Wildman–Crippen MR) is 141 cm³/mol. The second-order valence-electron chi connectivity index (χ2n) is 9.51. The normalized spacial score (nSPS) is 18.2. The zero-order valence-corrected chi connectivity index (χ0v) is 22.3. The van der Waals surface area contributed by atoms with Gasteiger partial charge in [-0.25, -0.2) is 0 Å². The minimum atomic E-state index is -0.845. The number of hydrogen-bond acceptors (Lipinski definition) is 8. The van der Waals surface area contributed by atoms with E-state index in [9.17, 15) is 14.7 Å². The Morgan fingerprint density at radius 3 is 2.50 bits per heavy atom. The molecule has 0 saturated carbocycles. The highest BCUT2D eigenvalue weighted by atomic mass is 16.6. The lowest BCUT2D eigenvalue weighted by molar-refractivity contribution is -0.140. The van der Waals surface area contributed by atoms with Crippen LogP contribution in [0.5, 0.6) is 23.0 Å². The van der Waals surface area contributed by atoms with Gasteiger partial charge in [0.25, 0.3) is 11.7 Å². The van der Waals surface area contributed by atoms with Gasteiger partial charge in [0.2, 0.25) is 0 Å². The number of rotatable bonds is 11. The van der Waals surface area contributed by atoms with E-state index < -0.39 is 17.7 Å². The predicted octanol–water partition coefficient (Wildman–Crippen LogP) is 4.35. The fourth-order valence-electron chi connectivity index (χ4n) is 4.48. The van der Waals surface area contributed by atoms with Crippen molar-refractivity contribution >= 4 is 17.4 Å². The summed E-state index contributed by atoms with van der Waals surface area (Å²) < 4.78 is 28.2. The molecule has 4 rings (SSSR count). The van der Waals surface area contributed by atoms with Crippen LogP contribution in [0.15, 0.2) is 42.0 Å². The lowest BCUT2D eigenvalue weighted by atomic mass is 9.94. The van der Waals surface area contributed by atoms with Crippen molar-refractivity contribution in [3.05, 3.63) is 53.1 Å². The molecule has 0 radical (unpaired) electrons. The van der Waals surface area contributed by atoms with Gasteiger partial charge in [0.15, 0.2) is 23.0 Å². The molecule has 1 atom stereocenters. The zero-order chi connectivity index (χ0) is 27.2. The Morgan fingerprint density at radius 2 is 1.79 bits per heavy atom. The van der Waals surface area contributed by atoms with Gasteiger partial charge >= 0.3 is 0 Å². The van der Waals surface area contributed by atoms with Crippen molar-refractivity contribution in [3.63, 3.8) is 0 Å². The number of hydrogen-bond donors (Lipinski definition) is 1. The van der Waals surface area contributed by atoms with Gasteiger partial charge in [-0.15, -0.1) is 0 Å². The Morgan fingerprint density at radius 1 is 1.03 bits per heavy atom. The number of fused-ring (bicyclic) bond motifs is 1. The van der Waals surface area contributed by atoms with Crippen molar-refractivity contribution in [1.29, 1.82) is 0 Å². The maximum absolute atomic E-state index is 13.3. The molecule has 0 aliphatic carbocycles. The number of nitrogens with zero attached hydrogens (tertiary/aromatic N) is 1. The number of carbonyl (C=O) groups excluding carboxylic acids is 2. The number of aliphatic hydroxyl groups excluding tert-OH is 1. The smallest absolute Gasteiger partial charge is 0.295 e. The summed E-state index contributed by atoms with van der Waals surface area (Å²) in [6.45, 7) is 8.27. The molecule has 2 aliphatic heterocycles. The van der Waals surface area contributed by atoms with Gasteiger partial charge in [0.05, 0.1) is 31.4 Å². The van der Waals surface area contributed by atoms with E-state index in [-0.39, 0.29) is 24.5 Å². The minimum Gasteiger partial charge on any atom is -0.507 e. The maximum atomic E-state index is 13.3. The van der Waals surface area contributed by atoms with E-state index in [0.717, 1.165) is 6.42 Å². The van der Waals surface area contributed by atoms with Crippen LogP contribution in [0.2, 0.25) is 0 Å². The number of carbonyl (C=O) groups is 2. The van der Waals surface area contributed by atoms with Crippen LogP contribution >= 0.6 is 0 Å². The van der Waals surface area contributed by atoms with E-state index in [1.807, 2.05) is 6.92 Å². The number of aliphatic hydroxyl groups is 1. The van der Waals surface area contributed by atoms with Crippen LogP contribution in [-0.4, -0.2) is 68.4 Å². The lowest BCUT2D eigenvalue weighted by Gasteiger charge is -2.26. The molecule has 1 N–H and O–H groups in total. The van der Waals surface area contributed by atoms with Crippen molar-refractivity contribution in [3.8, 4) is 23.0 Å². The molecule has 1 saturated heterocycles. The summed E-state index contributed by atoms with van der Waals surface area (Å²) in [6.07, 6.45) is 0.889. The highest BCUT2D eigenvalue weighted by molar-refractivity contribution is 6.46. The zero-order valence-electron chi connectivity index (χ0n) is 22.3. The summed E-state index contributed by atoms with van der Waals surface area (Å²) in [4.78, 5) is 27.8. The molecule has 0 unspecified atom stereocenters. The number of likely N-dealkylation sites (tertiary alicyclic amines) is 1. The average molecular weight is 526 g/mol. The third-order valence-electron chi connectivity index (χ3n) is 6.43. The van der Waals surface area contributed by atoms with Crippen LogP contribution in [0.1, 0.15) is 44.4 Å². The number of methoxy groups -OCH3 is 1. The molecule has 9 heteroatoms. The van der Waals surface area contributed by atoms with Crippen molar-refractivity contribution in [2.45, 2.75) is 33.2 Å². The Kier molecular flexibility index (Phi) is 8.78. The molecule has 1 amide bonds. The van der Waals surface area contributed by atoms with Gasteiger partial charge in [-0.1, -0.05) is 19.9 Å². The van der Waals surface area contributed by atoms with Crippen LogP contribution in [0, 0.1) is 5.92 Å². The molecular formula is C29H35NO8. The molecular weight excluding hydrogens is 490 g/mol. The topological polar surface area (TPSA) is 104 Å². The van der Waals surface area contributed by atoms with E-state index in [4.69, 9.17) is 23.7 Å². The molecule has 9 nitrogen and oxygen atoms in total. The van der Waals surface area contributed by atoms with Gasteiger partial charge in [-0.3, -0.25) is 9.59 Å².